The van der Waals surface area contributed by atoms with Gasteiger partial charge in [0.25, 0.3) is 0 Å². The zero-order valence-corrected chi connectivity index (χ0v) is 10.5. The number of hydrogen-bond donors (Lipinski definition) is 1. The van der Waals surface area contributed by atoms with Gasteiger partial charge in [-0.05, 0) is 54.2 Å². The first-order chi connectivity index (χ1) is 7.24. The van der Waals surface area contributed by atoms with Gasteiger partial charge in [0.05, 0.1) is 11.1 Å². The number of halogens is 1. The van der Waals surface area contributed by atoms with E-state index < -0.39 is 0 Å². The second kappa shape index (κ2) is 6.80. The Morgan fingerprint density at radius 2 is 2.13 bits per heavy atom. The molecule has 1 rings (SSSR count). The molecule has 0 saturated carbocycles. The zero-order chi connectivity index (χ0) is 11.1. The topological polar surface area (TPSA) is 42.4 Å². The molecule has 0 aliphatic heterocycles. The fraction of sp³-hybridized carbons (Fsp3) is 0.545. The van der Waals surface area contributed by atoms with E-state index in [1.165, 1.54) is 0 Å². The van der Waals surface area contributed by atoms with Gasteiger partial charge in [-0.2, -0.15) is 0 Å². The molecule has 0 fully saturated rings. The molecule has 0 atom stereocenters. The van der Waals surface area contributed by atoms with Crippen LogP contribution in [0.15, 0.2) is 16.6 Å². The molecule has 1 aromatic heterocycles. The van der Waals surface area contributed by atoms with Crippen molar-refractivity contribution in [3.8, 4) is 5.88 Å². The van der Waals surface area contributed by atoms with E-state index in [9.17, 15) is 0 Å². The molecule has 0 aromatic carbocycles. The second-order valence-electron chi connectivity index (χ2n) is 3.37. The van der Waals surface area contributed by atoms with Crippen LogP contribution in [-0.4, -0.2) is 23.3 Å². The van der Waals surface area contributed by atoms with Crippen LogP contribution < -0.4 is 4.74 Å². The average molecular weight is 274 g/mol. The first kappa shape index (κ1) is 12.5. The van der Waals surface area contributed by atoms with Gasteiger partial charge in [0, 0.05) is 12.3 Å². The molecule has 1 N–H and O–H groups in total. The van der Waals surface area contributed by atoms with Crippen molar-refractivity contribution < 1.29 is 9.84 Å². The SMILES string of the molecule is Cc1ccc(Br)c(OCCCCCO)n1. The van der Waals surface area contributed by atoms with E-state index in [2.05, 4.69) is 20.9 Å². The molecule has 0 saturated heterocycles. The molecule has 0 bridgehead atoms. The molecule has 0 radical (unpaired) electrons. The highest BCUT2D eigenvalue weighted by molar-refractivity contribution is 9.10. The minimum Gasteiger partial charge on any atom is -0.477 e. The highest BCUT2D eigenvalue weighted by Crippen LogP contribution is 2.22. The summed E-state index contributed by atoms with van der Waals surface area (Å²) in [4.78, 5) is 4.27. The lowest BCUT2D eigenvalue weighted by Gasteiger charge is -2.07. The van der Waals surface area contributed by atoms with Gasteiger partial charge in [-0.1, -0.05) is 0 Å². The summed E-state index contributed by atoms with van der Waals surface area (Å²) in [6.45, 7) is 2.84. The minimum absolute atomic E-state index is 0.256. The van der Waals surface area contributed by atoms with Crippen molar-refractivity contribution in [2.75, 3.05) is 13.2 Å². The lowest BCUT2D eigenvalue weighted by molar-refractivity contribution is 0.261. The number of aliphatic hydroxyl groups excluding tert-OH is 1. The summed E-state index contributed by atoms with van der Waals surface area (Å²) < 4.78 is 6.41. The van der Waals surface area contributed by atoms with Gasteiger partial charge in [-0.3, -0.25) is 0 Å². The van der Waals surface area contributed by atoms with Crippen molar-refractivity contribution in [2.45, 2.75) is 26.2 Å². The molecule has 0 spiro atoms. The van der Waals surface area contributed by atoms with Crippen molar-refractivity contribution in [2.24, 2.45) is 0 Å². The van der Waals surface area contributed by atoms with Gasteiger partial charge in [0.1, 0.15) is 0 Å². The van der Waals surface area contributed by atoms with E-state index in [1.54, 1.807) is 0 Å². The number of rotatable bonds is 6. The summed E-state index contributed by atoms with van der Waals surface area (Å²) in [6.07, 6.45) is 2.77. The third kappa shape index (κ3) is 4.62. The molecule has 0 aliphatic rings. The van der Waals surface area contributed by atoms with E-state index in [-0.39, 0.29) is 6.61 Å². The maximum atomic E-state index is 8.60. The standard InChI is InChI=1S/C11H16BrNO2/c1-9-5-6-10(12)11(13-9)15-8-4-2-3-7-14/h5-6,14H,2-4,7-8H2,1H3. The molecule has 0 aliphatic carbocycles. The molecule has 84 valence electrons. The van der Waals surface area contributed by atoms with Crippen LogP contribution in [0, 0.1) is 6.92 Å². The minimum atomic E-state index is 0.256. The normalized spacial score (nSPS) is 10.3. The van der Waals surface area contributed by atoms with E-state index in [4.69, 9.17) is 9.84 Å². The van der Waals surface area contributed by atoms with Gasteiger partial charge in [-0.15, -0.1) is 0 Å². The predicted octanol–water partition coefficient (Wildman–Crippen LogP) is 2.69. The van der Waals surface area contributed by atoms with Crippen molar-refractivity contribution in [1.82, 2.24) is 4.98 Å². The Morgan fingerprint density at radius 1 is 1.33 bits per heavy atom. The summed E-state index contributed by atoms with van der Waals surface area (Å²) in [5.74, 6) is 0.652. The maximum absolute atomic E-state index is 8.60. The van der Waals surface area contributed by atoms with Crippen LogP contribution >= 0.6 is 15.9 Å². The lowest BCUT2D eigenvalue weighted by atomic mass is 10.2. The number of nitrogens with zero attached hydrogens (tertiary/aromatic N) is 1. The molecule has 0 amide bonds. The van der Waals surface area contributed by atoms with Gasteiger partial charge in [0.2, 0.25) is 5.88 Å². The quantitative estimate of drug-likeness (QED) is 0.811. The molecule has 0 unspecified atom stereocenters. The van der Waals surface area contributed by atoms with Crippen molar-refractivity contribution in [3.63, 3.8) is 0 Å². The summed E-state index contributed by atoms with van der Waals surface area (Å²) in [5.41, 5.74) is 0.948. The fourth-order valence-corrected chi connectivity index (χ4v) is 1.51. The molecule has 15 heavy (non-hydrogen) atoms. The summed E-state index contributed by atoms with van der Waals surface area (Å²) in [6, 6.07) is 3.87. The second-order valence-corrected chi connectivity index (χ2v) is 4.23. The maximum Gasteiger partial charge on any atom is 0.228 e. The van der Waals surface area contributed by atoms with Gasteiger partial charge in [0.15, 0.2) is 0 Å². The van der Waals surface area contributed by atoms with Crippen LogP contribution in [0.1, 0.15) is 25.0 Å². The number of ether oxygens (including phenoxy) is 1. The lowest BCUT2D eigenvalue weighted by Crippen LogP contribution is -2.01. The van der Waals surface area contributed by atoms with E-state index >= 15 is 0 Å². The van der Waals surface area contributed by atoms with Crippen LogP contribution in [0.4, 0.5) is 0 Å². The summed E-state index contributed by atoms with van der Waals surface area (Å²) in [7, 11) is 0. The third-order valence-electron chi connectivity index (χ3n) is 1.99. The fourth-order valence-electron chi connectivity index (χ4n) is 1.18. The number of unbranched alkanes of at least 4 members (excludes halogenated alkanes) is 2. The number of pyridine rings is 1. The number of aliphatic hydroxyl groups is 1. The number of hydrogen-bond acceptors (Lipinski definition) is 3. The van der Waals surface area contributed by atoms with Crippen molar-refractivity contribution in [1.29, 1.82) is 0 Å². The van der Waals surface area contributed by atoms with Crippen LogP contribution in [0.25, 0.3) is 0 Å². The van der Waals surface area contributed by atoms with E-state index in [0.29, 0.717) is 12.5 Å². The smallest absolute Gasteiger partial charge is 0.228 e. The van der Waals surface area contributed by atoms with Gasteiger partial charge < -0.3 is 9.84 Å². The Hall–Kier alpha value is -0.610. The third-order valence-corrected chi connectivity index (χ3v) is 2.60. The largest absolute Gasteiger partial charge is 0.477 e. The van der Waals surface area contributed by atoms with Crippen LogP contribution in [0.3, 0.4) is 0 Å². The summed E-state index contributed by atoms with van der Waals surface area (Å²) in [5, 5.41) is 8.60. The first-order valence-corrected chi connectivity index (χ1v) is 5.90. The van der Waals surface area contributed by atoms with Gasteiger partial charge in [-0.25, -0.2) is 4.98 Å². The Labute approximate surface area is 98.6 Å². The Balaban J connectivity index is 2.33. The molecule has 1 aromatic rings. The molecular weight excluding hydrogens is 258 g/mol. The predicted molar refractivity (Wildman–Crippen MR) is 63.1 cm³/mol. The van der Waals surface area contributed by atoms with Crippen LogP contribution in [0.5, 0.6) is 5.88 Å². The Bertz CT molecular complexity index is 305. The number of aryl methyl sites for hydroxylation is 1. The Morgan fingerprint density at radius 3 is 2.87 bits per heavy atom. The highest BCUT2D eigenvalue weighted by atomic mass is 79.9. The molecule has 3 nitrogen and oxygen atoms in total. The van der Waals surface area contributed by atoms with Crippen molar-refractivity contribution >= 4 is 15.9 Å². The van der Waals surface area contributed by atoms with E-state index in [0.717, 1.165) is 29.4 Å². The van der Waals surface area contributed by atoms with Crippen LogP contribution in [0.2, 0.25) is 0 Å². The molecule has 4 heteroatoms. The van der Waals surface area contributed by atoms with Crippen molar-refractivity contribution in [3.05, 3.63) is 22.3 Å². The average Bonchev–Trinajstić information content (AvgIpc) is 2.23. The summed E-state index contributed by atoms with van der Waals surface area (Å²) >= 11 is 3.39. The van der Waals surface area contributed by atoms with Gasteiger partial charge >= 0.3 is 0 Å². The zero-order valence-electron chi connectivity index (χ0n) is 8.87. The van der Waals surface area contributed by atoms with Crippen LogP contribution in [-0.2, 0) is 0 Å². The number of aromatic nitrogens is 1. The first-order valence-electron chi connectivity index (χ1n) is 5.11. The molecular formula is C11H16BrNO2. The monoisotopic (exact) mass is 273 g/mol. The Kier molecular flexibility index (Phi) is 5.65. The molecule has 1 heterocycles. The highest BCUT2D eigenvalue weighted by Gasteiger charge is 2.02. The van der Waals surface area contributed by atoms with E-state index in [1.807, 2.05) is 19.1 Å².